The van der Waals surface area contributed by atoms with Gasteiger partial charge in [-0.05, 0) is 65.4 Å². The Hall–Kier alpha value is -3.98. The Kier molecular flexibility index (Phi) is 6.81. The summed E-state index contributed by atoms with van der Waals surface area (Å²) in [6.07, 6.45) is 3.39. The van der Waals surface area contributed by atoms with Crippen molar-refractivity contribution in [2.24, 2.45) is 0 Å². The van der Waals surface area contributed by atoms with Crippen molar-refractivity contribution in [2.75, 3.05) is 31.1 Å². The van der Waals surface area contributed by atoms with Gasteiger partial charge in [-0.2, -0.15) is 0 Å². The van der Waals surface area contributed by atoms with E-state index in [0.717, 1.165) is 22.5 Å². The minimum Gasteiger partial charge on any atom is -0.353 e. The predicted molar refractivity (Wildman–Crippen MR) is 137 cm³/mol. The zero-order chi connectivity index (χ0) is 25.1. The molecule has 2 aliphatic rings. The monoisotopic (exact) mass is 502 g/mol. The van der Waals surface area contributed by atoms with Crippen LogP contribution in [-0.2, 0) is 11.3 Å². The summed E-state index contributed by atoms with van der Waals surface area (Å²) in [5, 5.41) is -0.381. The molecular formula is C27H23FN4O3S. The molecule has 2 aromatic carbocycles. The normalized spacial score (nSPS) is 17.2. The summed E-state index contributed by atoms with van der Waals surface area (Å²) in [6.45, 7) is 2.64. The molecule has 0 bridgehead atoms. The molecule has 0 radical (unpaired) electrons. The fourth-order valence-electron chi connectivity index (χ4n) is 4.18. The Labute approximate surface area is 212 Å². The molecule has 3 amide bonds. The Morgan fingerprint density at radius 3 is 2.47 bits per heavy atom. The third-order valence-corrected chi connectivity index (χ3v) is 7.01. The van der Waals surface area contributed by atoms with Crippen LogP contribution in [0, 0.1) is 5.82 Å². The van der Waals surface area contributed by atoms with Crippen LogP contribution in [0.1, 0.15) is 21.5 Å². The van der Waals surface area contributed by atoms with Crippen molar-refractivity contribution in [3.05, 3.63) is 100 Å². The number of anilines is 1. The van der Waals surface area contributed by atoms with Gasteiger partial charge in [0.1, 0.15) is 11.6 Å². The number of nitrogens with zero attached hydrogens (tertiary/aromatic N) is 4. The van der Waals surface area contributed by atoms with Crippen LogP contribution in [-0.4, -0.2) is 58.0 Å². The molecule has 0 saturated carbocycles. The maximum Gasteiger partial charge on any atom is 0.293 e. The first-order chi connectivity index (χ1) is 17.5. The van der Waals surface area contributed by atoms with Gasteiger partial charge in [0.15, 0.2) is 0 Å². The molecule has 182 valence electrons. The lowest BCUT2D eigenvalue weighted by molar-refractivity contribution is -0.123. The van der Waals surface area contributed by atoms with E-state index in [0.29, 0.717) is 42.9 Å². The van der Waals surface area contributed by atoms with Gasteiger partial charge in [0.2, 0.25) is 0 Å². The second-order valence-corrected chi connectivity index (χ2v) is 9.48. The number of hydrogen-bond acceptors (Lipinski definition) is 6. The number of thioether (sulfide) groups is 1. The van der Waals surface area contributed by atoms with Gasteiger partial charge in [0.05, 0.1) is 11.4 Å². The topological polar surface area (TPSA) is 73.8 Å². The average Bonchev–Trinajstić information content (AvgIpc) is 3.17. The fourth-order valence-corrected chi connectivity index (χ4v) is 5.02. The maximum atomic E-state index is 13.2. The van der Waals surface area contributed by atoms with E-state index in [-0.39, 0.29) is 28.4 Å². The molecule has 3 heterocycles. The lowest BCUT2D eigenvalue weighted by Crippen LogP contribution is -2.49. The molecule has 0 spiro atoms. The van der Waals surface area contributed by atoms with Gasteiger partial charge in [-0.3, -0.25) is 19.3 Å². The molecule has 2 aliphatic heterocycles. The zero-order valence-corrected chi connectivity index (χ0v) is 20.2. The molecule has 3 aromatic rings. The minimum absolute atomic E-state index is 0.0738. The number of imide groups is 1. The molecule has 7 nitrogen and oxygen atoms in total. The van der Waals surface area contributed by atoms with Crippen LogP contribution in [0.25, 0.3) is 6.08 Å². The lowest BCUT2D eigenvalue weighted by atomic mass is 10.1. The number of carbonyl (C=O) groups is 3. The lowest BCUT2D eigenvalue weighted by Gasteiger charge is -2.35. The van der Waals surface area contributed by atoms with Crippen molar-refractivity contribution in [1.82, 2.24) is 14.8 Å². The number of rotatable bonds is 5. The van der Waals surface area contributed by atoms with Crippen molar-refractivity contribution < 1.29 is 18.8 Å². The predicted octanol–water partition coefficient (Wildman–Crippen LogP) is 4.42. The molecule has 36 heavy (non-hydrogen) atoms. The molecule has 1 aromatic heterocycles. The van der Waals surface area contributed by atoms with Gasteiger partial charge in [-0.15, -0.1) is 0 Å². The largest absolute Gasteiger partial charge is 0.353 e. The Balaban J connectivity index is 1.25. The SMILES string of the molecule is O=C(c1cccc(/C=C2\SC(=O)N(Cc3ccc(F)cc3)C2=O)c1)N1CCN(c2ccccn2)CC1. The maximum absolute atomic E-state index is 13.2. The highest BCUT2D eigenvalue weighted by Gasteiger charge is 2.35. The number of benzene rings is 2. The van der Waals surface area contributed by atoms with Gasteiger partial charge in [-0.25, -0.2) is 9.37 Å². The van der Waals surface area contributed by atoms with E-state index >= 15 is 0 Å². The van der Waals surface area contributed by atoms with E-state index in [4.69, 9.17) is 0 Å². The summed E-state index contributed by atoms with van der Waals surface area (Å²) in [5.74, 6) is 0.0456. The minimum atomic E-state index is -0.406. The van der Waals surface area contributed by atoms with Crippen molar-refractivity contribution >= 4 is 40.7 Å². The fraction of sp³-hybridized carbons (Fsp3) is 0.185. The highest BCUT2D eigenvalue weighted by atomic mass is 32.2. The van der Waals surface area contributed by atoms with Crippen LogP contribution in [0.5, 0.6) is 0 Å². The smallest absolute Gasteiger partial charge is 0.293 e. The Bertz CT molecular complexity index is 1320. The van der Waals surface area contributed by atoms with E-state index < -0.39 is 5.91 Å². The number of pyridine rings is 1. The van der Waals surface area contributed by atoms with Crippen molar-refractivity contribution in [3.8, 4) is 0 Å². The summed E-state index contributed by atoms with van der Waals surface area (Å²) >= 11 is 0.857. The van der Waals surface area contributed by atoms with Gasteiger partial charge in [-0.1, -0.05) is 30.3 Å². The molecular weight excluding hydrogens is 479 g/mol. The summed E-state index contributed by atoms with van der Waals surface area (Å²) in [5.41, 5.74) is 1.86. The molecule has 0 atom stereocenters. The second-order valence-electron chi connectivity index (χ2n) is 8.49. The van der Waals surface area contributed by atoms with Gasteiger partial charge in [0.25, 0.3) is 17.1 Å². The Morgan fingerprint density at radius 1 is 0.972 bits per heavy atom. The van der Waals surface area contributed by atoms with Crippen molar-refractivity contribution in [2.45, 2.75) is 6.54 Å². The third-order valence-electron chi connectivity index (χ3n) is 6.10. The van der Waals surface area contributed by atoms with Crippen LogP contribution >= 0.6 is 11.8 Å². The standard InChI is InChI=1S/C27H23FN4O3S/c28-22-9-7-19(8-10-22)18-32-26(34)23(36-27(32)35)17-20-4-3-5-21(16-20)25(33)31-14-12-30(13-15-31)24-6-1-2-11-29-24/h1-11,16-17H,12-15,18H2/b23-17-. The number of hydrogen-bond donors (Lipinski definition) is 0. The molecule has 5 rings (SSSR count). The van der Waals surface area contributed by atoms with E-state index in [1.807, 2.05) is 23.1 Å². The van der Waals surface area contributed by atoms with E-state index in [1.165, 1.54) is 12.1 Å². The summed E-state index contributed by atoms with van der Waals surface area (Å²) in [6, 6.07) is 18.5. The van der Waals surface area contributed by atoms with Gasteiger partial charge < -0.3 is 9.80 Å². The summed E-state index contributed by atoms with van der Waals surface area (Å²) in [7, 11) is 0. The third kappa shape index (κ3) is 5.16. The van der Waals surface area contributed by atoms with Crippen LogP contribution in [0.4, 0.5) is 15.0 Å². The van der Waals surface area contributed by atoms with E-state index in [2.05, 4.69) is 9.88 Å². The van der Waals surface area contributed by atoms with Crippen LogP contribution in [0.2, 0.25) is 0 Å². The molecule has 2 saturated heterocycles. The van der Waals surface area contributed by atoms with E-state index in [1.54, 1.807) is 48.7 Å². The average molecular weight is 503 g/mol. The highest BCUT2D eigenvalue weighted by Crippen LogP contribution is 2.33. The van der Waals surface area contributed by atoms with Crippen molar-refractivity contribution in [3.63, 3.8) is 0 Å². The number of piperazine rings is 1. The highest BCUT2D eigenvalue weighted by molar-refractivity contribution is 8.18. The molecule has 0 unspecified atom stereocenters. The van der Waals surface area contributed by atoms with Gasteiger partial charge in [0, 0.05) is 37.9 Å². The second kappa shape index (κ2) is 10.3. The Morgan fingerprint density at radius 2 is 1.75 bits per heavy atom. The van der Waals surface area contributed by atoms with Crippen LogP contribution in [0.15, 0.2) is 77.8 Å². The summed E-state index contributed by atoms with van der Waals surface area (Å²) in [4.78, 5) is 48.2. The van der Waals surface area contributed by atoms with Gasteiger partial charge >= 0.3 is 0 Å². The summed E-state index contributed by atoms with van der Waals surface area (Å²) < 4.78 is 13.2. The van der Waals surface area contributed by atoms with Crippen molar-refractivity contribution in [1.29, 1.82) is 0 Å². The van der Waals surface area contributed by atoms with Crippen LogP contribution in [0.3, 0.4) is 0 Å². The first-order valence-corrected chi connectivity index (χ1v) is 12.3. The van der Waals surface area contributed by atoms with E-state index in [9.17, 15) is 18.8 Å². The number of amides is 3. The molecule has 0 N–H and O–H groups in total. The number of carbonyl (C=O) groups excluding carboxylic acids is 3. The quantitative estimate of drug-likeness (QED) is 0.481. The molecule has 0 aliphatic carbocycles. The van der Waals surface area contributed by atoms with Crippen LogP contribution < -0.4 is 4.90 Å². The number of halogens is 1. The molecule has 9 heteroatoms. The molecule has 2 fully saturated rings. The zero-order valence-electron chi connectivity index (χ0n) is 19.3. The first-order valence-electron chi connectivity index (χ1n) is 11.5. The number of aromatic nitrogens is 1. The first kappa shape index (κ1) is 23.7.